The Morgan fingerprint density at radius 3 is 2.35 bits per heavy atom. The van der Waals surface area contributed by atoms with Gasteiger partial charge in [-0.1, -0.05) is 6.07 Å². The molecule has 1 aromatic carbocycles. The van der Waals surface area contributed by atoms with Crippen LogP contribution in [0.4, 0.5) is 0 Å². The summed E-state index contributed by atoms with van der Waals surface area (Å²) >= 11 is 1.57. The van der Waals surface area contributed by atoms with Crippen LogP contribution in [0.2, 0.25) is 0 Å². The number of carbonyl (C=O) groups is 3. The van der Waals surface area contributed by atoms with E-state index in [1.54, 1.807) is 25.6 Å². The van der Waals surface area contributed by atoms with Crippen molar-refractivity contribution in [2.24, 2.45) is 0 Å². The molecule has 6 nitrogen and oxygen atoms in total. The minimum absolute atomic E-state index is 0.140. The first-order chi connectivity index (χ1) is 10.8. The molecule has 0 spiro atoms. The summed E-state index contributed by atoms with van der Waals surface area (Å²) in [5.41, 5.74) is 6.77. The van der Waals surface area contributed by atoms with Crippen LogP contribution in [0.5, 0.6) is 0 Å². The number of thioether (sulfide) groups is 1. The molecule has 1 rings (SSSR count). The molecule has 0 saturated heterocycles. The fourth-order valence-corrected chi connectivity index (χ4v) is 2.59. The highest BCUT2D eigenvalue weighted by Gasteiger charge is 2.14. The van der Waals surface area contributed by atoms with Crippen LogP contribution in [0.1, 0.15) is 31.4 Å². The summed E-state index contributed by atoms with van der Waals surface area (Å²) in [7, 11) is 0. The van der Waals surface area contributed by atoms with E-state index in [1.165, 1.54) is 11.1 Å². The summed E-state index contributed by atoms with van der Waals surface area (Å²) in [6.07, 6.45) is 0.240. The molecule has 0 saturated carbocycles. The Morgan fingerprint density at radius 2 is 1.74 bits per heavy atom. The predicted molar refractivity (Wildman–Crippen MR) is 90.8 cm³/mol. The lowest BCUT2D eigenvalue weighted by Crippen LogP contribution is -2.49. The van der Waals surface area contributed by atoms with E-state index in [0.29, 0.717) is 5.75 Å². The lowest BCUT2D eigenvalue weighted by atomic mass is 10.1. The van der Waals surface area contributed by atoms with Gasteiger partial charge in [0.1, 0.15) is 0 Å². The molecule has 0 unspecified atom stereocenters. The number of hydrogen-bond acceptors (Lipinski definition) is 4. The molecule has 0 aliphatic rings. The first-order valence-corrected chi connectivity index (χ1v) is 8.38. The summed E-state index contributed by atoms with van der Waals surface area (Å²) in [5, 5.41) is 2.43. The van der Waals surface area contributed by atoms with E-state index in [9.17, 15) is 14.4 Å². The second-order valence-corrected chi connectivity index (χ2v) is 6.64. The zero-order valence-corrected chi connectivity index (χ0v) is 14.7. The number of nitrogens with one attached hydrogen (secondary N) is 3. The molecule has 0 aromatic heterocycles. The molecule has 0 atom stereocenters. The zero-order chi connectivity index (χ0) is 17.4. The van der Waals surface area contributed by atoms with Crippen LogP contribution >= 0.6 is 11.8 Å². The van der Waals surface area contributed by atoms with E-state index in [2.05, 4.69) is 29.2 Å². The third-order valence-corrected chi connectivity index (χ3v) is 4.01. The van der Waals surface area contributed by atoms with Crippen molar-refractivity contribution in [1.29, 1.82) is 0 Å². The highest BCUT2D eigenvalue weighted by atomic mass is 32.2. The van der Waals surface area contributed by atoms with E-state index >= 15 is 0 Å². The minimum atomic E-state index is -0.881. The fourth-order valence-electron chi connectivity index (χ4n) is 1.64. The smallest absolute Gasteiger partial charge is 0.327 e. The number of hydrazine groups is 1. The van der Waals surface area contributed by atoms with Gasteiger partial charge in [-0.05, 0) is 51.0 Å². The lowest BCUT2D eigenvalue weighted by Gasteiger charge is -2.09. The largest absolute Gasteiger partial charge is 0.346 e. The molecule has 0 bridgehead atoms. The Labute approximate surface area is 140 Å². The van der Waals surface area contributed by atoms with Crippen LogP contribution in [0, 0.1) is 13.8 Å². The van der Waals surface area contributed by atoms with Crippen LogP contribution in [0.3, 0.4) is 0 Å². The Kier molecular flexibility index (Phi) is 7.61. The topological polar surface area (TPSA) is 87.3 Å². The van der Waals surface area contributed by atoms with Crippen molar-refractivity contribution in [1.82, 2.24) is 16.2 Å². The number of aryl methyl sites for hydroxylation is 2. The Hall–Kier alpha value is -2.02. The normalized spacial score (nSPS) is 10.3. The Balaban J connectivity index is 2.28. The Morgan fingerprint density at radius 1 is 1.04 bits per heavy atom. The van der Waals surface area contributed by atoms with Gasteiger partial charge in [0.25, 0.3) is 0 Å². The van der Waals surface area contributed by atoms with E-state index < -0.39 is 11.8 Å². The maximum absolute atomic E-state index is 11.6. The van der Waals surface area contributed by atoms with Gasteiger partial charge in [0.15, 0.2) is 0 Å². The number of carbonyl (C=O) groups excluding carboxylic acids is 3. The van der Waals surface area contributed by atoms with Crippen molar-refractivity contribution in [2.75, 3.05) is 5.75 Å². The molecule has 0 aliphatic heterocycles. The molecular formula is C16H23N3O3S. The molecule has 0 fully saturated rings. The van der Waals surface area contributed by atoms with E-state index in [-0.39, 0.29) is 18.4 Å². The second-order valence-electron chi connectivity index (χ2n) is 5.47. The molecular weight excluding hydrogens is 314 g/mol. The lowest BCUT2D eigenvalue weighted by molar-refractivity contribution is -0.141. The van der Waals surface area contributed by atoms with Gasteiger partial charge in [0, 0.05) is 23.1 Å². The number of hydrogen-bond donors (Lipinski definition) is 3. The Bertz CT molecular complexity index is 588. The van der Waals surface area contributed by atoms with Crippen molar-refractivity contribution >= 4 is 29.5 Å². The quantitative estimate of drug-likeness (QED) is 0.431. The van der Waals surface area contributed by atoms with Crippen LogP contribution in [0.15, 0.2) is 23.1 Å². The minimum Gasteiger partial charge on any atom is -0.346 e. The van der Waals surface area contributed by atoms with Gasteiger partial charge >= 0.3 is 11.8 Å². The van der Waals surface area contributed by atoms with Crippen molar-refractivity contribution in [3.63, 3.8) is 0 Å². The number of amides is 3. The molecule has 1 aromatic rings. The average molecular weight is 337 g/mol. The van der Waals surface area contributed by atoms with Crippen molar-refractivity contribution in [3.8, 4) is 0 Å². The van der Waals surface area contributed by atoms with Crippen molar-refractivity contribution in [3.05, 3.63) is 29.3 Å². The highest BCUT2D eigenvalue weighted by Crippen LogP contribution is 2.21. The van der Waals surface area contributed by atoms with Crippen molar-refractivity contribution in [2.45, 2.75) is 45.1 Å². The monoisotopic (exact) mass is 337 g/mol. The molecule has 3 N–H and O–H groups in total. The predicted octanol–water partition coefficient (Wildman–Crippen LogP) is 1.46. The molecule has 3 amide bonds. The first-order valence-electron chi connectivity index (χ1n) is 7.39. The maximum atomic E-state index is 11.6. The first kappa shape index (κ1) is 19.0. The van der Waals surface area contributed by atoms with Gasteiger partial charge in [-0.25, -0.2) is 0 Å². The summed E-state index contributed by atoms with van der Waals surface area (Å²) < 4.78 is 0. The number of benzene rings is 1. The molecule has 7 heteroatoms. The van der Waals surface area contributed by atoms with Gasteiger partial charge in [-0.2, -0.15) is 0 Å². The zero-order valence-electron chi connectivity index (χ0n) is 13.9. The standard InChI is InChI=1S/C16H23N3O3S/c1-10(2)17-15(21)16(22)19-18-14(20)7-8-23-13-6-5-11(3)12(4)9-13/h5-6,9-10H,7-8H2,1-4H3,(H,17,21)(H,18,20)(H,19,22). The third kappa shape index (κ3) is 7.19. The molecule has 126 valence electrons. The highest BCUT2D eigenvalue weighted by molar-refractivity contribution is 7.99. The fraction of sp³-hybridized carbons (Fsp3) is 0.438. The molecule has 0 radical (unpaired) electrons. The maximum Gasteiger partial charge on any atom is 0.327 e. The third-order valence-electron chi connectivity index (χ3n) is 3.02. The van der Waals surface area contributed by atoms with Gasteiger partial charge in [0.2, 0.25) is 5.91 Å². The second kappa shape index (κ2) is 9.19. The summed E-state index contributed by atoms with van der Waals surface area (Å²) in [4.78, 5) is 35.5. The van der Waals surface area contributed by atoms with E-state index in [4.69, 9.17) is 0 Å². The summed E-state index contributed by atoms with van der Waals surface area (Å²) in [6, 6.07) is 6.00. The van der Waals surface area contributed by atoms with Crippen LogP contribution in [0.25, 0.3) is 0 Å². The summed E-state index contributed by atoms with van der Waals surface area (Å²) in [6.45, 7) is 7.58. The van der Waals surface area contributed by atoms with E-state index in [1.807, 2.05) is 19.1 Å². The average Bonchev–Trinajstić information content (AvgIpc) is 2.47. The van der Waals surface area contributed by atoms with Gasteiger partial charge < -0.3 is 5.32 Å². The molecule has 0 heterocycles. The van der Waals surface area contributed by atoms with Crippen LogP contribution in [-0.4, -0.2) is 29.5 Å². The SMILES string of the molecule is Cc1ccc(SCCC(=O)NNC(=O)C(=O)NC(C)C)cc1C. The van der Waals surface area contributed by atoms with Crippen molar-refractivity contribution < 1.29 is 14.4 Å². The van der Waals surface area contributed by atoms with Crippen LogP contribution in [-0.2, 0) is 14.4 Å². The van der Waals surface area contributed by atoms with E-state index in [0.717, 1.165) is 4.90 Å². The number of rotatable bonds is 5. The molecule has 23 heavy (non-hydrogen) atoms. The van der Waals surface area contributed by atoms with Gasteiger partial charge in [0.05, 0.1) is 0 Å². The summed E-state index contributed by atoms with van der Waals surface area (Å²) in [5.74, 6) is -1.41. The van der Waals surface area contributed by atoms with Crippen LogP contribution < -0.4 is 16.2 Å². The van der Waals surface area contributed by atoms with Gasteiger partial charge in [-0.3, -0.25) is 25.2 Å². The molecule has 0 aliphatic carbocycles. The van der Waals surface area contributed by atoms with Gasteiger partial charge in [-0.15, -0.1) is 11.8 Å².